The molecule has 0 heterocycles. The van der Waals surface area contributed by atoms with Crippen LogP contribution in [0.2, 0.25) is 0 Å². The highest BCUT2D eigenvalue weighted by molar-refractivity contribution is 5.75. The smallest absolute Gasteiger partial charge is 0.220 e. The summed E-state index contributed by atoms with van der Waals surface area (Å²) >= 11 is 0. The zero-order valence-corrected chi connectivity index (χ0v) is 18.3. The van der Waals surface area contributed by atoms with E-state index in [0.717, 1.165) is 57.8 Å². The predicted molar refractivity (Wildman–Crippen MR) is 127 cm³/mol. The van der Waals surface area contributed by atoms with Gasteiger partial charge in [-0.1, -0.05) is 79.8 Å². The number of aliphatic hydroxyl groups is 1. The van der Waals surface area contributed by atoms with E-state index in [0.29, 0.717) is 13.0 Å². The van der Waals surface area contributed by atoms with E-state index in [9.17, 15) is 4.79 Å². The average Bonchev–Trinajstić information content (AvgIpc) is 2.73. The van der Waals surface area contributed by atoms with Crippen LogP contribution in [-0.4, -0.2) is 24.2 Å². The lowest BCUT2D eigenvalue weighted by Gasteiger charge is -2.02. The fraction of sp³-hybridized carbons (Fsp3) is 0.500. The molecule has 1 amide bonds. The Morgan fingerprint density at radius 3 is 1.59 bits per heavy atom. The van der Waals surface area contributed by atoms with Gasteiger partial charge in [0.15, 0.2) is 0 Å². The van der Waals surface area contributed by atoms with Crippen LogP contribution >= 0.6 is 0 Å². The maximum Gasteiger partial charge on any atom is 0.220 e. The van der Waals surface area contributed by atoms with Crippen LogP contribution in [0.5, 0.6) is 0 Å². The summed E-state index contributed by atoms with van der Waals surface area (Å²) in [6, 6.07) is 0. The summed E-state index contributed by atoms with van der Waals surface area (Å²) < 4.78 is 0. The molecule has 0 aromatic heterocycles. The second-order valence-corrected chi connectivity index (χ2v) is 6.73. The minimum absolute atomic E-state index is 0.0856. The number of hydrogen-bond acceptors (Lipinski definition) is 2. The van der Waals surface area contributed by atoms with Crippen LogP contribution < -0.4 is 5.32 Å². The summed E-state index contributed by atoms with van der Waals surface area (Å²) in [5.74, 6) is 0.0856. The lowest BCUT2D eigenvalue weighted by Crippen LogP contribution is -2.23. The summed E-state index contributed by atoms with van der Waals surface area (Å²) in [7, 11) is 0. The molecule has 2 N–H and O–H groups in total. The van der Waals surface area contributed by atoms with Crippen molar-refractivity contribution in [1.29, 1.82) is 0 Å². The van der Waals surface area contributed by atoms with Crippen molar-refractivity contribution in [2.24, 2.45) is 0 Å². The first-order valence-corrected chi connectivity index (χ1v) is 11.1. The molecule has 0 aliphatic rings. The Morgan fingerprint density at radius 2 is 1.14 bits per heavy atom. The van der Waals surface area contributed by atoms with Gasteiger partial charge in [-0.15, -0.1) is 0 Å². The number of carbonyl (C=O) groups excluding carboxylic acids is 1. The van der Waals surface area contributed by atoms with Crippen molar-refractivity contribution in [1.82, 2.24) is 5.32 Å². The molecule has 0 unspecified atom stereocenters. The normalized spacial score (nSPS) is 12.8. The van der Waals surface area contributed by atoms with Crippen molar-refractivity contribution < 1.29 is 9.90 Å². The highest BCUT2D eigenvalue weighted by Crippen LogP contribution is 1.98. The van der Waals surface area contributed by atoms with Crippen molar-refractivity contribution in [3.05, 3.63) is 72.9 Å². The summed E-state index contributed by atoms with van der Waals surface area (Å²) in [6.07, 6.45) is 35.0. The number of carbonyl (C=O) groups is 1. The molecule has 29 heavy (non-hydrogen) atoms. The van der Waals surface area contributed by atoms with Crippen molar-refractivity contribution in [2.45, 2.75) is 71.1 Å². The van der Waals surface area contributed by atoms with Gasteiger partial charge in [0.25, 0.3) is 0 Å². The molecule has 0 radical (unpaired) electrons. The summed E-state index contributed by atoms with van der Waals surface area (Å²) in [6.45, 7) is 3.00. The molecule has 0 rings (SSSR count). The Balaban J connectivity index is 3.54. The molecular formula is C26H41NO2. The maximum absolute atomic E-state index is 11.5. The van der Waals surface area contributed by atoms with E-state index in [2.05, 4.69) is 85.2 Å². The summed E-state index contributed by atoms with van der Waals surface area (Å²) in [5.41, 5.74) is 0. The van der Waals surface area contributed by atoms with E-state index in [4.69, 9.17) is 5.11 Å². The number of amides is 1. The van der Waals surface area contributed by atoms with Gasteiger partial charge in [-0.2, -0.15) is 0 Å². The van der Waals surface area contributed by atoms with Crippen LogP contribution in [0.25, 0.3) is 0 Å². The first kappa shape index (κ1) is 26.9. The lowest BCUT2D eigenvalue weighted by atomic mass is 10.2. The minimum atomic E-state index is 0.0856. The zero-order chi connectivity index (χ0) is 21.3. The molecule has 3 heteroatoms. The predicted octanol–water partition coefficient (Wildman–Crippen LogP) is 6.35. The number of rotatable bonds is 18. The summed E-state index contributed by atoms with van der Waals surface area (Å²) in [4.78, 5) is 11.5. The topological polar surface area (TPSA) is 49.3 Å². The SMILES string of the molecule is CCC=CCC=CCC=CCC=CCC=CCC=CCCC(=O)NCCCCO. The van der Waals surface area contributed by atoms with Crippen molar-refractivity contribution >= 4 is 5.91 Å². The summed E-state index contributed by atoms with van der Waals surface area (Å²) in [5, 5.41) is 11.5. The van der Waals surface area contributed by atoms with Crippen molar-refractivity contribution in [3.8, 4) is 0 Å². The number of hydrogen-bond donors (Lipinski definition) is 2. The van der Waals surface area contributed by atoms with E-state index >= 15 is 0 Å². The second-order valence-electron chi connectivity index (χ2n) is 6.73. The quantitative estimate of drug-likeness (QED) is 0.208. The molecular weight excluding hydrogens is 358 g/mol. The number of unbranched alkanes of at least 4 members (excludes halogenated alkanes) is 1. The molecule has 0 aliphatic heterocycles. The standard InChI is InChI=1S/C26H41NO2/c1-2-3-4-5-6-7-8-9-10-11-12-13-14-15-16-17-18-19-20-23-26(29)27-24-21-22-25-28/h3-4,6-7,9-10,12-13,15-16,18-19,28H,2,5,8,11,14,17,20-25H2,1H3,(H,27,29). The number of aliphatic hydroxyl groups excluding tert-OH is 1. The van der Waals surface area contributed by atoms with E-state index in [1.165, 1.54) is 0 Å². The molecule has 0 spiro atoms. The van der Waals surface area contributed by atoms with Gasteiger partial charge < -0.3 is 10.4 Å². The van der Waals surface area contributed by atoms with Crippen LogP contribution in [0.15, 0.2) is 72.9 Å². The molecule has 0 saturated carbocycles. The Hall–Kier alpha value is -2.13. The van der Waals surface area contributed by atoms with Gasteiger partial charge in [-0.25, -0.2) is 0 Å². The van der Waals surface area contributed by atoms with E-state index in [1.807, 2.05) is 0 Å². The Labute approximate surface area is 178 Å². The molecule has 0 saturated heterocycles. The van der Waals surface area contributed by atoms with Crippen LogP contribution in [0, 0.1) is 0 Å². The first-order valence-electron chi connectivity index (χ1n) is 11.1. The van der Waals surface area contributed by atoms with Gasteiger partial charge in [0.2, 0.25) is 5.91 Å². The molecule has 0 fully saturated rings. The second kappa shape index (κ2) is 23.9. The maximum atomic E-state index is 11.5. The van der Waals surface area contributed by atoms with Gasteiger partial charge in [-0.3, -0.25) is 4.79 Å². The minimum Gasteiger partial charge on any atom is -0.396 e. The average molecular weight is 400 g/mol. The molecule has 0 aliphatic carbocycles. The van der Waals surface area contributed by atoms with Gasteiger partial charge in [0.1, 0.15) is 0 Å². The van der Waals surface area contributed by atoms with Gasteiger partial charge in [-0.05, 0) is 57.8 Å². The van der Waals surface area contributed by atoms with E-state index in [-0.39, 0.29) is 12.5 Å². The highest BCUT2D eigenvalue weighted by atomic mass is 16.2. The van der Waals surface area contributed by atoms with Crippen molar-refractivity contribution in [2.75, 3.05) is 13.2 Å². The lowest BCUT2D eigenvalue weighted by molar-refractivity contribution is -0.121. The fourth-order valence-corrected chi connectivity index (χ4v) is 2.41. The third-order valence-electron chi connectivity index (χ3n) is 4.04. The monoisotopic (exact) mass is 399 g/mol. The van der Waals surface area contributed by atoms with Gasteiger partial charge in [0.05, 0.1) is 0 Å². The van der Waals surface area contributed by atoms with Crippen LogP contribution in [-0.2, 0) is 4.79 Å². The van der Waals surface area contributed by atoms with E-state index < -0.39 is 0 Å². The molecule has 0 atom stereocenters. The molecule has 0 bridgehead atoms. The molecule has 0 aromatic carbocycles. The first-order chi connectivity index (χ1) is 14.3. The zero-order valence-electron chi connectivity index (χ0n) is 18.3. The molecule has 162 valence electrons. The Kier molecular flexibility index (Phi) is 22.2. The van der Waals surface area contributed by atoms with Gasteiger partial charge >= 0.3 is 0 Å². The number of allylic oxidation sites excluding steroid dienone is 12. The van der Waals surface area contributed by atoms with Crippen molar-refractivity contribution in [3.63, 3.8) is 0 Å². The van der Waals surface area contributed by atoms with E-state index in [1.54, 1.807) is 0 Å². The molecule has 0 aromatic rings. The highest BCUT2D eigenvalue weighted by Gasteiger charge is 1.97. The Morgan fingerprint density at radius 1 is 0.690 bits per heavy atom. The molecule has 3 nitrogen and oxygen atoms in total. The fourth-order valence-electron chi connectivity index (χ4n) is 2.41. The van der Waals surface area contributed by atoms with Crippen LogP contribution in [0.1, 0.15) is 71.1 Å². The van der Waals surface area contributed by atoms with Crippen LogP contribution in [0.3, 0.4) is 0 Å². The number of nitrogens with one attached hydrogen (secondary N) is 1. The van der Waals surface area contributed by atoms with Gasteiger partial charge in [0, 0.05) is 19.6 Å². The largest absolute Gasteiger partial charge is 0.396 e. The Bertz CT molecular complexity index is 539. The third kappa shape index (κ3) is 23.8. The van der Waals surface area contributed by atoms with Crippen LogP contribution in [0.4, 0.5) is 0 Å². The third-order valence-corrected chi connectivity index (χ3v) is 4.04.